The number of alkyl halides is 1. The third-order valence-electron chi connectivity index (χ3n) is 4.12. The molecule has 2 saturated heterocycles. The van der Waals surface area contributed by atoms with E-state index >= 15 is 0 Å². The minimum Gasteiger partial charge on any atom is -0.297 e. The summed E-state index contributed by atoms with van der Waals surface area (Å²) in [7, 11) is 0. The van der Waals surface area contributed by atoms with Crippen molar-refractivity contribution in [2.45, 2.75) is 57.6 Å². The molecule has 2 heterocycles. The van der Waals surface area contributed by atoms with E-state index in [1.165, 1.54) is 0 Å². The summed E-state index contributed by atoms with van der Waals surface area (Å²) in [6.45, 7) is 2.57. The zero-order valence-electron chi connectivity index (χ0n) is 13.5. The van der Waals surface area contributed by atoms with Crippen molar-refractivity contribution in [2.75, 3.05) is 13.0 Å². The molecule has 86 valence electrons. The molecule has 1 nitrogen and oxygen atoms in total. The lowest BCUT2D eigenvalue weighted by molar-refractivity contribution is 0.163. The lowest BCUT2D eigenvalue weighted by Gasteiger charge is -2.33. The molecule has 1 spiro atoms. The molecule has 2 aliphatic heterocycles. The summed E-state index contributed by atoms with van der Waals surface area (Å²) in [5.74, 6) is -0.198. The molecule has 15 heavy (non-hydrogen) atoms. The topological polar surface area (TPSA) is 3.24 Å². The Hall–Kier alpha value is -0.110. The van der Waals surface area contributed by atoms with Crippen LogP contribution < -0.4 is 0 Å². The average Bonchev–Trinajstić information content (AvgIpc) is 2.66. The number of rotatable bonds is 2. The first-order valence-electron chi connectivity index (χ1n) is 7.99. The van der Waals surface area contributed by atoms with Crippen molar-refractivity contribution >= 4 is 0 Å². The molecule has 0 bridgehead atoms. The van der Waals surface area contributed by atoms with Crippen LogP contribution in [0.25, 0.3) is 0 Å². The highest BCUT2D eigenvalue weighted by molar-refractivity contribution is 5.18. The van der Waals surface area contributed by atoms with E-state index in [9.17, 15) is 4.39 Å². The summed E-state index contributed by atoms with van der Waals surface area (Å²) in [5, 5.41) is 0. The van der Waals surface area contributed by atoms with Gasteiger partial charge < -0.3 is 0 Å². The Morgan fingerprint density at radius 2 is 2.40 bits per heavy atom. The summed E-state index contributed by atoms with van der Waals surface area (Å²) in [5.41, 5.74) is -1.28. The fourth-order valence-electron chi connectivity index (χ4n) is 3.41. The molecule has 0 unspecified atom stereocenters. The second kappa shape index (κ2) is 2.97. The van der Waals surface area contributed by atoms with E-state index in [0.717, 1.165) is 0 Å². The predicted octanol–water partition coefficient (Wildman–Crippen LogP) is 3.00. The van der Waals surface area contributed by atoms with Gasteiger partial charge >= 0.3 is 0 Å². The van der Waals surface area contributed by atoms with Crippen molar-refractivity contribution in [1.29, 1.82) is 0 Å². The van der Waals surface area contributed by atoms with Crippen LogP contribution >= 0.6 is 0 Å². The monoisotopic (exact) mass is 215 g/mol. The Bertz CT molecular complexity index is 413. The Kier molecular flexibility index (Phi) is 1.30. The van der Waals surface area contributed by atoms with Crippen molar-refractivity contribution in [3.8, 4) is 0 Å². The molecule has 1 aliphatic carbocycles. The highest BCUT2D eigenvalue weighted by atomic mass is 19.1. The van der Waals surface area contributed by atoms with Gasteiger partial charge in [-0.05, 0) is 44.5 Å². The smallest absolute Gasteiger partial charge is 0.108 e. The summed E-state index contributed by atoms with van der Waals surface area (Å²) in [6.07, 6.45) is -0.538. The van der Waals surface area contributed by atoms with Crippen LogP contribution in [0.3, 0.4) is 0 Å². The fourth-order valence-corrected chi connectivity index (χ4v) is 3.41. The molecule has 1 saturated carbocycles. The minimum atomic E-state index is -1.49. The van der Waals surface area contributed by atoms with Crippen molar-refractivity contribution in [3.63, 3.8) is 0 Å². The molecule has 0 radical (unpaired) electrons. The molecular weight excluding hydrogens is 189 g/mol. The van der Waals surface area contributed by atoms with E-state index in [2.05, 4.69) is 0 Å². The molecule has 3 rings (SSSR count). The van der Waals surface area contributed by atoms with Crippen LogP contribution in [0.4, 0.5) is 4.39 Å². The molecule has 3 atom stereocenters. The lowest BCUT2D eigenvalue weighted by Crippen LogP contribution is -2.39. The van der Waals surface area contributed by atoms with E-state index in [0.29, 0.717) is 32.2 Å². The molecular formula is C13H22FN. The van der Waals surface area contributed by atoms with Crippen molar-refractivity contribution in [3.05, 3.63) is 0 Å². The average molecular weight is 215 g/mol. The van der Waals surface area contributed by atoms with Gasteiger partial charge in [-0.3, -0.25) is 4.90 Å². The highest BCUT2D eigenvalue weighted by Gasteiger charge is 2.66. The lowest BCUT2D eigenvalue weighted by atomic mass is 9.82. The van der Waals surface area contributed by atoms with Gasteiger partial charge in [0.05, 0.1) is 0 Å². The van der Waals surface area contributed by atoms with Crippen LogP contribution in [0, 0.1) is 11.3 Å². The first-order valence-corrected chi connectivity index (χ1v) is 5.99. The molecule has 2 heteroatoms. The largest absolute Gasteiger partial charge is 0.297 e. The SMILES string of the molecule is [2H]C1([2H])CC[C@@]2(C([2H])([2H])C(C)C)C[C@@]3(C[C@H]3F)CN12. The number of halogens is 1. The van der Waals surface area contributed by atoms with Crippen molar-refractivity contribution in [2.24, 2.45) is 11.3 Å². The molecule has 3 fully saturated rings. The molecule has 0 N–H and O–H groups in total. The minimum absolute atomic E-state index is 0.198. The summed E-state index contributed by atoms with van der Waals surface area (Å²) >= 11 is 0. The summed E-state index contributed by atoms with van der Waals surface area (Å²) in [6, 6.07) is 0. The standard InChI is InChI=1S/C13H22FN/c1-10(2)6-13-4-3-5-15(13)9-12(8-13)7-11(12)14/h10-11H,3-9H2,1-2H3/t11-,12+,13-/m1/s1/i5D2,6D2. The van der Waals surface area contributed by atoms with E-state index < -0.39 is 30.0 Å². The van der Waals surface area contributed by atoms with Crippen LogP contribution in [-0.4, -0.2) is 29.7 Å². The van der Waals surface area contributed by atoms with Gasteiger partial charge in [0.1, 0.15) is 6.17 Å². The number of nitrogens with zero attached hydrogens (tertiary/aromatic N) is 1. The van der Waals surface area contributed by atoms with Crippen molar-refractivity contribution in [1.82, 2.24) is 4.90 Å². The van der Waals surface area contributed by atoms with Crippen LogP contribution in [-0.2, 0) is 0 Å². The quantitative estimate of drug-likeness (QED) is 0.684. The van der Waals surface area contributed by atoms with Gasteiger partial charge in [0.15, 0.2) is 0 Å². The van der Waals surface area contributed by atoms with Gasteiger partial charge in [-0.15, -0.1) is 0 Å². The first kappa shape index (κ1) is 6.58. The van der Waals surface area contributed by atoms with Crippen LogP contribution in [0.1, 0.15) is 51.4 Å². The number of fused-ring (bicyclic) bond motifs is 1. The maximum Gasteiger partial charge on any atom is 0.108 e. The van der Waals surface area contributed by atoms with E-state index in [4.69, 9.17) is 5.48 Å². The Morgan fingerprint density at radius 3 is 3.00 bits per heavy atom. The Balaban J connectivity index is 2.03. The number of hydrogen-bond donors (Lipinski definition) is 0. The van der Waals surface area contributed by atoms with E-state index in [-0.39, 0.29) is 5.92 Å². The van der Waals surface area contributed by atoms with Crippen molar-refractivity contribution < 1.29 is 9.87 Å². The first-order chi connectivity index (χ1) is 8.57. The van der Waals surface area contributed by atoms with Crippen LogP contribution in [0.2, 0.25) is 0 Å². The summed E-state index contributed by atoms with van der Waals surface area (Å²) < 4.78 is 46.9. The number of hydrogen-bond acceptors (Lipinski definition) is 1. The maximum atomic E-state index is 13.7. The van der Waals surface area contributed by atoms with E-state index in [1.807, 2.05) is 13.8 Å². The van der Waals surface area contributed by atoms with E-state index in [1.54, 1.807) is 4.90 Å². The van der Waals surface area contributed by atoms with Crippen LogP contribution in [0.5, 0.6) is 0 Å². The van der Waals surface area contributed by atoms with Gasteiger partial charge in [0, 0.05) is 23.0 Å². The van der Waals surface area contributed by atoms with Gasteiger partial charge in [-0.25, -0.2) is 4.39 Å². The maximum absolute atomic E-state index is 13.7. The second-order valence-corrected chi connectivity index (χ2v) is 5.79. The highest BCUT2D eigenvalue weighted by Crippen LogP contribution is 2.63. The molecule has 0 aromatic carbocycles. The predicted molar refractivity (Wildman–Crippen MR) is 59.6 cm³/mol. The Morgan fingerprint density at radius 1 is 1.67 bits per heavy atom. The molecule has 0 amide bonds. The van der Waals surface area contributed by atoms with Gasteiger partial charge in [0.25, 0.3) is 0 Å². The fraction of sp³-hybridized carbons (Fsp3) is 1.00. The van der Waals surface area contributed by atoms with Gasteiger partial charge in [-0.2, -0.15) is 0 Å². The van der Waals surface area contributed by atoms with Crippen LogP contribution in [0.15, 0.2) is 0 Å². The third-order valence-corrected chi connectivity index (χ3v) is 4.12. The summed E-state index contributed by atoms with van der Waals surface area (Å²) in [4.78, 5) is 1.67. The Labute approximate surface area is 97.6 Å². The molecule has 3 aliphatic rings. The van der Waals surface area contributed by atoms with Gasteiger partial charge in [-0.1, -0.05) is 13.8 Å². The molecule has 0 aromatic rings. The zero-order chi connectivity index (χ0) is 14.3. The third kappa shape index (κ3) is 1.37. The zero-order valence-corrected chi connectivity index (χ0v) is 9.52. The normalized spacial score (nSPS) is 57.5. The second-order valence-electron chi connectivity index (χ2n) is 5.79. The van der Waals surface area contributed by atoms with Gasteiger partial charge in [0.2, 0.25) is 0 Å². The molecule has 0 aromatic heterocycles.